The molecule has 2 heterocycles. The molecule has 4 N–H and O–H groups in total. The van der Waals surface area contributed by atoms with E-state index in [4.69, 9.17) is 5.73 Å². The van der Waals surface area contributed by atoms with Gasteiger partial charge in [-0.1, -0.05) is 12.1 Å². The van der Waals surface area contributed by atoms with E-state index >= 15 is 0 Å². The van der Waals surface area contributed by atoms with Gasteiger partial charge in [0.15, 0.2) is 0 Å². The molecule has 24 heavy (non-hydrogen) atoms. The van der Waals surface area contributed by atoms with Gasteiger partial charge in [0.1, 0.15) is 6.04 Å². The third kappa shape index (κ3) is 3.32. The minimum absolute atomic E-state index is 0.0871. The largest absolute Gasteiger partial charge is 0.327 e. The van der Waals surface area contributed by atoms with Gasteiger partial charge in [-0.25, -0.2) is 0 Å². The van der Waals surface area contributed by atoms with Crippen molar-refractivity contribution in [2.75, 3.05) is 6.54 Å². The number of imide groups is 1. The number of nitrogens with zero attached hydrogens (tertiary/aromatic N) is 1. The Morgan fingerprint density at radius 3 is 2.88 bits per heavy atom. The molecule has 1 fully saturated rings. The minimum Gasteiger partial charge on any atom is -0.327 e. The summed E-state index contributed by atoms with van der Waals surface area (Å²) in [5.74, 6) is -0.802. The van der Waals surface area contributed by atoms with Gasteiger partial charge >= 0.3 is 0 Å². The van der Waals surface area contributed by atoms with Crippen molar-refractivity contribution in [2.45, 2.75) is 44.9 Å². The highest BCUT2D eigenvalue weighted by atomic mass is 16.2. The van der Waals surface area contributed by atoms with Crippen LogP contribution in [0.4, 0.5) is 0 Å². The number of carbonyl (C=O) groups is 3. The molecule has 0 saturated carbocycles. The number of nitrogens with one attached hydrogen (secondary N) is 2. The van der Waals surface area contributed by atoms with E-state index in [0.29, 0.717) is 25.1 Å². The summed E-state index contributed by atoms with van der Waals surface area (Å²) in [7, 11) is 0. The fourth-order valence-electron chi connectivity index (χ4n) is 3.18. The van der Waals surface area contributed by atoms with Crippen LogP contribution >= 0.6 is 0 Å². The number of nitrogens with two attached hydrogens (primary N) is 1. The normalized spacial score (nSPS) is 21.7. The van der Waals surface area contributed by atoms with Crippen LogP contribution in [0.1, 0.15) is 41.3 Å². The molecule has 2 aliphatic heterocycles. The minimum atomic E-state index is -0.567. The number of rotatable bonds is 5. The van der Waals surface area contributed by atoms with Crippen molar-refractivity contribution in [1.29, 1.82) is 0 Å². The predicted molar refractivity (Wildman–Crippen MR) is 87.8 cm³/mol. The second kappa shape index (κ2) is 6.70. The Kier molecular flexibility index (Phi) is 4.64. The first-order chi connectivity index (χ1) is 11.5. The maximum atomic E-state index is 12.6. The van der Waals surface area contributed by atoms with E-state index in [-0.39, 0.29) is 30.2 Å². The van der Waals surface area contributed by atoms with E-state index in [1.165, 1.54) is 0 Å². The van der Waals surface area contributed by atoms with E-state index in [0.717, 1.165) is 17.7 Å². The Hall–Kier alpha value is -2.25. The van der Waals surface area contributed by atoms with Crippen molar-refractivity contribution in [1.82, 2.24) is 15.5 Å². The second-order valence-corrected chi connectivity index (χ2v) is 6.50. The lowest BCUT2D eigenvalue weighted by atomic mass is 10.0. The van der Waals surface area contributed by atoms with Crippen LogP contribution in [0, 0.1) is 0 Å². The predicted octanol–water partition coefficient (Wildman–Crippen LogP) is -0.116. The molecule has 2 aliphatic rings. The molecule has 1 saturated heterocycles. The third-order valence-corrected chi connectivity index (χ3v) is 4.38. The van der Waals surface area contributed by atoms with Gasteiger partial charge in [-0.3, -0.25) is 19.7 Å². The summed E-state index contributed by atoms with van der Waals surface area (Å²) in [6, 6.07) is 5.24. The summed E-state index contributed by atoms with van der Waals surface area (Å²) in [5.41, 5.74) is 8.35. The van der Waals surface area contributed by atoms with E-state index in [1.54, 1.807) is 4.90 Å². The highest BCUT2D eigenvalue weighted by Crippen LogP contribution is 2.28. The summed E-state index contributed by atoms with van der Waals surface area (Å²) in [6.45, 7) is 3.74. The van der Waals surface area contributed by atoms with Crippen LogP contribution in [0.25, 0.3) is 0 Å². The molecule has 0 radical (unpaired) electrons. The summed E-state index contributed by atoms with van der Waals surface area (Å²) < 4.78 is 0. The van der Waals surface area contributed by atoms with Crippen LogP contribution in [0.3, 0.4) is 0 Å². The van der Waals surface area contributed by atoms with E-state index in [2.05, 4.69) is 10.6 Å². The number of carbonyl (C=O) groups excluding carboxylic acids is 3. The molecule has 128 valence electrons. The second-order valence-electron chi connectivity index (χ2n) is 6.50. The zero-order valence-corrected chi connectivity index (χ0v) is 13.7. The van der Waals surface area contributed by atoms with Crippen molar-refractivity contribution in [3.63, 3.8) is 0 Å². The molecule has 0 spiro atoms. The van der Waals surface area contributed by atoms with Crippen molar-refractivity contribution < 1.29 is 14.4 Å². The Morgan fingerprint density at radius 1 is 1.38 bits per heavy atom. The standard InChI is InChI=1S/C17H22N4O3/c1-10(18)7-19-8-11-2-3-13-12(6-11)9-21(17(13)24)14-4-5-15(22)20-16(14)23/h2-3,6,10,14,19H,4-5,7-9,18H2,1H3,(H,20,22,23)/t10-,14?/m1/s1. The van der Waals surface area contributed by atoms with E-state index in [1.807, 2.05) is 25.1 Å². The van der Waals surface area contributed by atoms with Gasteiger partial charge in [0.2, 0.25) is 11.8 Å². The van der Waals surface area contributed by atoms with Gasteiger partial charge in [0.05, 0.1) is 0 Å². The van der Waals surface area contributed by atoms with Crippen molar-refractivity contribution in [3.8, 4) is 0 Å². The fourth-order valence-corrected chi connectivity index (χ4v) is 3.18. The fraction of sp³-hybridized carbons (Fsp3) is 0.471. The smallest absolute Gasteiger partial charge is 0.255 e. The summed E-state index contributed by atoms with van der Waals surface area (Å²) in [6.07, 6.45) is 0.649. The summed E-state index contributed by atoms with van der Waals surface area (Å²) >= 11 is 0. The van der Waals surface area contributed by atoms with Crippen molar-refractivity contribution in [3.05, 3.63) is 34.9 Å². The Morgan fingerprint density at radius 2 is 2.17 bits per heavy atom. The SMILES string of the molecule is C[C@@H](N)CNCc1ccc2c(c1)CN(C1CCC(=O)NC1=O)C2=O. The first kappa shape index (κ1) is 16.6. The number of fused-ring (bicyclic) bond motifs is 1. The average Bonchev–Trinajstić information content (AvgIpc) is 2.83. The number of hydrogen-bond acceptors (Lipinski definition) is 5. The van der Waals surface area contributed by atoms with Crippen LogP contribution in [0.15, 0.2) is 18.2 Å². The molecular formula is C17H22N4O3. The molecule has 0 aromatic heterocycles. The maximum Gasteiger partial charge on any atom is 0.255 e. The Labute approximate surface area is 140 Å². The maximum absolute atomic E-state index is 12.6. The Bertz CT molecular complexity index is 686. The molecular weight excluding hydrogens is 308 g/mol. The van der Waals surface area contributed by atoms with Gasteiger partial charge in [-0.2, -0.15) is 0 Å². The highest BCUT2D eigenvalue weighted by molar-refractivity contribution is 6.05. The molecule has 1 aromatic rings. The van der Waals surface area contributed by atoms with Crippen LogP contribution in [-0.2, 0) is 22.7 Å². The van der Waals surface area contributed by atoms with Gasteiger partial charge in [0, 0.05) is 37.7 Å². The van der Waals surface area contributed by atoms with Crippen LogP contribution in [0.5, 0.6) is 0 Å². The first-order valence-corrected chi connectivity index (χ1v) is 8.18. The molecule has 3 rings (SSSR count). The van der Waals surface area contributed by atoms with Gasteiger partial charge in [-0.05, 0) is 30.5 Å². The molecule has 7 heteroatoms. The molecule has 7 nitrogen and oxygen atoms in total. The van der Waals surface area contributed by atoms with Crippen molar-refractivity contribution >= 4 is 17.7 Å². The number of hydrogen-bond donors (Lipinski definition) is 3. The average molecular weight is 330 g/mol. The monoisotopic (exact) mass is 330 g/mol. The summed E-state index contributed by atoms with van der Waals surface area (Å²) in [5, 5.41) is 5.57. The van der Waals surface area contributed by atoms with Gasteiger partial charge < -0.3 is 16.0 Å². The quantitative estimate of drug-likeness (QED) is 0.653. The molecule has 2 atom stereocenters. The van der Waals surface area contributed by atoms with Crippen LogP contribution < -0.4 is 16.4 Å². The van der Waals surface area contributed by atoms with Crippen LogP contribution in [0.2, 0.25) is 0 Å². The lowest BCUT2D eigenvalue weighted by molar-refractivity contribution is -0.136. The highest BCUT2D eigenvalue weighted by Gasteiger charge is 2.38. The lowest BCUT2D eigenvalue weighted by Crippen LogP contribution is -2.52. The molecule has 0 aliphatic carbocycles. The van der Waals surface area contributed by atoms with E-state index in [9.17, 15) is 14.4 Å². The van der Waals surface area contributed by atoms with Crippen LogP contribution in [-0.4, -0.2) is 41.2 Å². The zero-order valence-electron chi connectivity index (χ0n) is 13.7. The van der Waals surface area contributed by atoms with E-state index < -0.39 is 6.04 Å². The molecule has 1 aromatic carbocycles. The number of benzene rings is 1. The summed E-state index contributed by atoms with van der Waals surface area (Å²) in [4.78, 5) is 37.4. The number of piperidine rings is 1. The van der Waals surface area contributed by atoms with Gasteiger partial charge in [-0.15, -0.1) is 0 Å². The topological polar surface area (TPSA) is 105 Å². The van der Waals surface area contributed by atoms with Crippen molar-refractivity contribution in [2.24, 2.45) is 5.73 Å². The number of amides is 3. The first-order valence-electron chi connectivity index (χ1n) is 8.18. The molecule has 1 unspecified atom stereocenters. The zero-order chi connectivity index (χ0) is 17.3. The Balaban J connectivity index is 1.70. The lowest BCUT2D eigenvalue weighted by Gasteiger charge is -2.29. The van der Waals surface area contributed by atoms with Gasteiger partial charge in [0.25, 0.3) is 5.91 Å². The molecule has 0 bridgehead atoms. The third-order valence-electron chi connectivity index (χ3n) is 4.38. The molecule has 3 amide bonds.